The van der Waals surface area contributed by atoms with Crippen molar-refractivity contribution in [1.29, 1.82) is 0 Å². The molecule has 0 spiro atoms. The van der Waals surface area contributed by atoms with Crippen LogP contribution in [0, 0.1) is 10.8 Å². The molecule has 15 nitrogen and oxygen atoms in total. The van der Waals surface area contributed by atoms with E-state index in [0.29, 0.717) is 6.42 Å². The summed E-state index contributed by atoms with van der Waals surface area (Å²) in [5.41, 5.74) is 5.76. The molecule has 0 unspecified atom stereocenters. The highest BCUT2D eigenvalue weighted by molar-refractivity contribution is 5.95. The molecule has 2 aliphatic carbocycles. The number of rotatable bonds is 14. The summed E-state index contributed by atoms with van der Waals surface area (Å²) in [4.78, 5) is 89.0. The lowest BCUT2D eigenvalue weighted by Crippen LogP contribution is -2.62. The molecule has 0 radical (unpaired) electrons. The highest BCUT2D eigenvalue weighted by Gasteiger charge is 2.47. The van der Waals surface area contributed by atoms with E-state index in [4.69, 9.17) is 0 Å². The van der Waals surface area contributed by atoms with E-state index in [1.807, 2.05) is 84.0 Å². The molecule has 15 heteroatoms. The minimum atomic E-state index is -0.931. The summed E-state index contributed by atoms with van der Waals surface area (Å²) in [7, 11) is 3.38. The quantitative estimate of drug-likeness (QED) is 0.117. The lowest BCUT2D eigenvalue weighted by Gasteiger charge is -2.42. The van der Waals surface area contributed by atoms with E-state index >= 15 is 4.79 Å². The van der Waals surface area contributed by atoms with Crippen LogP contribution in [0.3, 0.4) is 0 Å². The maximum absolute atomic E-state index is 15.0. The monoisotopic (exact) mass is 960 g/mol. The Balaban J connectivity index is 1.17. The van der Waals surface area contributed by atoms with Gasteiger partial charge in [-0.1, -0.05) is 96.1 Å². The number of hydrogen-bond acceptors (Lipinski definition) is 9. The van der Waals surface area contributed by atoms with E-state index < -0.39 is 47.1 Å². The van der Waals surface area contributed by atoms with Gasteiger partial charge in [-0.2, -0.15) is 0 Å². The van der Waals surface area contributed by atoms with Crippen LogP contribution in [0.4, 0.5) is 5.69 Å². The van der Waals surface area contributed by atoms with Crippen LogP contribution in [-0.2, 0) is 54.6 Å². The normalized spacial score (nSPS) is 22.7. The molecule has 2 aliphatic heterocycles. The first-order chi connectivity index (χ1) is 33.2. The Labute approximate surface area is 414 Å². The first kappa shape index (κ1) is 52.0. The maximum Gasteiger partial charge on any atom is 0.246 e. The van der Waals surface area contributed by atoms with Crippen molar-refractivity contribution in [3.63, 3.8) is 0 Å². The number of carbonyl (C=O) groups excluding carboxylic acids is 6. The van der Waals surface area contributed by atoms with Gasteiger partial charge in [0.05, 0.1) is 24.2 Å². The molecule has 70 heavy (non-hydrogen) atoms. The zero-order valence-electron chi connectivity index (χ0n) is 43.0. The Morgan fingerprint density at radius 3 is 1.59 bits per heavy atom. The summed E-state index contributed by atoms with van der Waals surface area (Å²) < 4.78 is 0. The minimum absolute atomic E-state index is 0.119. The number of aryl methyl sites for hydroxylation is 2. The Kier molecular flexibility index (Phi) is 16.1. The lowest BCUT2D eigenvalue weighted by atomic mass is 9.83. The molecule has 1 saturated heterocycles. The van der Waals surface area contributed by atoms with Crippen LogP contribution in [0.25, 0.3) is 0 Å². The van der Waals surface area contributed by atoms with Gasteiger partial charge >= 0.3 is 0 Å². The molecule has 4 aliphatic rings. The number of fused-ring (bicyclic) bond motifs is 3. The first-order valence-corrected chi connectivity index (χ1v) is 25.4. The van der Waals surface area contributed by atoms with Crippen molar-refractivity contribution < 1.29 is 28.8 Å². The van der Waals surface area contributed by atoms with E-state index in [1.165, 1.54) is 11.1 Å². The second kappa shape index (κ2) is 21.7. The summed E-state index contributed by atoms with van der Waals surface area (Å²) in [5.74, 6) is -1.79. The van der Waals surface area contributed by atoms with Crippen LogP contribution in [0.1, 0.15) is 133 Å². The standard InChI is InChI=1S/C55H77N9O6/c1-32(56-9)48(65)61-46(54(3,4)5)52(69)63-30-37-27-38(26-25-36(37)28-44(63)50(67)59-42-23-15-19-34-17-11-13-21-40(34)42)58-39-29-45(51(68)60-43-24-16-20-35-18-12-14-22-41(35)43)64(31-39)53(70)47(55(6,7)8)62-49(66)33(2)57-10/h11-14,17-18,21-22,25-27,32-33,39,42-47,56-58H,15-16,19-20,23-24,28-31H2,1-10H3,(H,59,67)(H,60,68)(H,61,65)(H,62,66)/t32-,33-,39-,42+,43+,44-,45-,46+,47+/m0/s1. The zero-order chi connectivity index (χ0) is 50.7. The molecule has 0 saturated carbocycles. The summed E-state index contributed by atoms with van der Waals surface area (Å²) in [5, 5.41) is 22.2. The van der Waals surface area contributed by atoms with Crippen LogP contribution in [0.5, 0.6) is 0 Å². The van der Waals surface area contributed by atoms with Gasteiger partial charge in [0, 0.05) is 31.2 Å². The SMILES string of the molecule is CN[C@@H](C)C(=O)N[C@H](C(=O)N1Cc2cc(N[C@H]3C[C@@H](C(=O)N[C@@H]4CCCc5ccccc54)N(C(=O)[C@@H](NC(=O)[C@H](C)NC)C(C)(C)C)C3)ccc2C[C@H]1C(=O)N[C@@H]1CCCc2ccccc21)C(C)(C)C. The second-order valence-corrected chi connectivity index (χ2v) is 22.2. The molecular formula is C55H77N9O6. The number of anilines is 1. The van der Waals surface area contributed by atoms with Gasteiger partial charge in [-0.15, -0.1) is 0 Å². The molecule has 3 aromatic rings. The van der Waals surface area contributed by atoms with E-state index in [9.17, 15) is 24.0 Å². The number of amides is 6. The van der Waals surface area contributed by atoms with Gasteiger partial charge in [-0.05, 0) is 129 Å². The maximum atomic E-state index is 15.0. The number of benzene rings is 3. The fourth-order valence-electron chi connectivity index (χ4n) is 10.6. The number of hydrogen-bond donors (Lipinski definition) is 7. The van der Waals surface area contributed by atoms with Gasteiger partial charge in [-0.25, -0.2) is 0 Å². The largest absolute Gasteiger partial charge is 0.380 e. The smallest absolute Gasteiger partial charge is 0.246 e. The van der Waals surface area contributed by atoms with E-state index in [1.54, 1.807) is 37.7 Å². The Morgan fingerprint density at radius 2 is 1.09 bits per heavy atom. The van der Waals surface area contributed by atoms with Gasteiger partial charge in [0.2, 0.25) is 35.4 Å². The van der Waals surface area contributed by atoms with Crippen LogP contribution in [0.2, 0.25) is 0 Å². The topological polar surface area (TPSA) is 193 Å². The molecular weight excluding hydrogens is 883 g/mol. The third-order valence-corrected chi connectivity index (χ3v) is 15.0. The molecule has 1 fully saturated rings. The number of carbonyl (C=O) groups is 6. The second-order valence-electron chi connectivity index (χ2n) is 22.2. The van der Waals surface area contributed by atoms with E-state index in [0.717, 1.165) is 66.5 Å². The van der Waals surface area contributed by atoms with Gasteiger partial charge in [0.15, 0.2) is 0 Å². The third-order valence-electron chi connectivity index (χ3n) is 15.0. The van der Waals surface area contributed by atoms with Crippen molar-refractivity contribution in [2.24, 2.45) is 10.8 Å². The van der Waals surface area contributed by atoms with Gasteiger partial charge in [0.1, 0.15) is 24.2 Å². The molecule has 0 aromatic heterocycles. The van der Waals surface area contributed by atoms with Crippen molar-refractivity contribution >= 4 is 41.1 Å². The van der Waals surface area contributed by atoms with Crippen molar-refractivity contribution in [2.75, 3.05) is 26.0 Å². The zero-order valence-corrected chi connectivity index (χ0v) is 43.0. The average molecular weight is 960 g/mol. The van der Waals surface area contributed by atoms with Crippen molar-refractivity contribution in [3.05, 3.63) is 100 Å². The predicted molar refractivity (Wildman–Crippen MR) is 272 cm³/mol. The number of nitrogens with zero attached hydrogens (tertiary/aromatic N) is 2. The molecule has 0 bridgehead atoms. The molecule has 2 heterocycles. The predicted octanol–water partition coefficient (Wildman–Crippen LogP) is 4.99. The molecule has 378 valence electrons. The number of nitrogens with one attached hydrogen (secondary N) is 7. The highest BCUT2D eigenvalue weighted by atomic mass is 16.2. The van der Waals surface area contributed by atoms with Crippen LogP contribution >= 0.6 is 0 Å². The summed E-state index contributed by atoms with van der Waals surface area (Å²) in [6.45, 7) is 15.2. The number of likely N-dealkylation sites (tertiary alicyclic amines) is 1. The van der Waals surface area contributed by atoms with Crippen molar-refractivity contribution in [3.8, 4) is 0 Å². The van der Waals surface area contributed by atoms with Gasteiger partial charge < -0.3 is 47.0 Å². The Bertz CT molecular complexity index is 2430. The highest BCUT2D eigenvalue weighted by Crippen LogP contribution is 2.35. The van der Waals surface area contributed by atoms with Crippen molar-refractivity contribution in [2.45, 2.75) is 168 Å². The molecule has 7 N–H and O–H groups in total. The first-order valence-electron chi connectivity index (χ1n) is 25.4. The van der Waals surface area contributed by atoms with Crippen LogP contribution < -0.4 is 37.2 Å². The van der Waals surface area contributed by atoms with Gasteiger partial charge in [0.25, 0.3) is 0 Å². The Hall–Kier alpha value is -5.80. The number of likely N-dealkylation sites (N-methyl/N-ethyl adjacent to an activating group) is 2. The average Bonchev–Trinajstić information content (AvgIpc) is 3.76. The minimum Gasteiger partial charge on any atom is -0.380 e. The third kappa shape index (κ3) is 11.7. The lowest BCUT2D eigenvalue weighted by molar-refractivity contribution is -0.147. The Morgan fingerprint density at radius 1 is 0.600 bits per heavy atom. The van der Waals surface area contributed by atoms with Crippen LogP contribution in [0.15, 0.2) is 66.7 Å². The molecule has 3 aromatic carbocycles. The summed E-state index contributed by atoms with van der Waals surface area (Å²) >= 11 is 0. The molecule has 9 atom stereocenters. The van der Waals surface area contributed by atoms with E-state index in [2.05, 4.69) is 61.5 Å². The van der Waals surface area contributed by atoms with Crippen molar-refractivity contribution in [1.82, 2.24) is 41.7 Å². The van der Waals surface area contributed by atoms with E-state index in [-0.39, 0.29) is 73.1 Å². The molecule has 6 amide bonds. The fourth-order valence-corrected chi connectivity index (χ4v) is 10.6. The molecule has 7 rings (SSSR count). The summed E-state index contributed by atoms with van der Waals surface area (Å²) in [6.07, 6.45) is 5.93. The van der Waals surface area contributed by atoms with Crippen LogP contribution in [-0.4, -0.2) is 108 Å². The summed E-state index contributed by atoms with van der Waals surface area (Å²) in [6, 6.07) is 17.0. The van der Waals surface area contributed by atoms with Gasteiger partial charge in [-0.3, -0.25) is 28.8 Å². The fraction of sp³-hybridized carbons (Fsp3) is 0.564.